The number of nitrogens with one attached hydrogen (secondary N) is 1. The topological polar surface area (TPSA) is 41.0 Å². The van der Waals surface area contributed by atoms with Gasteiger partial charge < -0.3 is 10.2 Å². The minimum absolute atomic E-state index is 0.631. The highest BCUT2D eigenvalue weighted by molar-refractivity contribution is 5.49. The van der Waals surface area contributed by atoms with Gasteiger partial charge in [0.15, 0.2) is 0 Å². The minimum Gasteiger partial charge on any atom is -0.370 e. The van der Waals surface area contributed by atoms with E-state index in [-0.39, 0.29) is 0 Å². The van der Waals surface area contributed by atoms with Gasteiger partial charge in [0.25, 0.3) is 0 Å². The molecular weight excluding hydrogens is 248 g/mol. The summed E-state index contributed by atoms with van der Waals surface area (Å²) in [5.41, 5.74) is 0. The zero-order valence-corrected chi connectivity index (χ0v) is 13.7. The molecular formula is C16H30N4. The van der Waals surface area contributed by atoms with Gasteiger partial charge in [0.05, 0.1) is 0 Å². The zero-order chi connectivity index (χ0) is 15.0. The minimum atomic E-state index is 0.631. The number of nitrogens with zero attached hydrogens (tertiary/aromatic N) is 3. The summed E-state index contributed by atoms with van der Waals surface area (Å²) in [7, 11) is 0. The summed E-state index contributed by atoms with van der Waals surface area (Å²) < 4.78 is 0. The van der Waals surface area contributed by atoms with Crippen LogP contribution in [0.1, 0.15) is 53.3 Å². The molecule has 0 saturated heterocycles. The maximum atomic E-state index is 4.73. The van der Waals surface area contributed by atoms with Crippen LogP contribution in [0.3, 0.4) is 0 Å². The van der Waals surface area contributed by atoms with Crippen LogP contribution in [-0.2, 0) is 6.42 Å². The molecule has 1 heterocycles. The van der Waals surface area contributed by atoms with E-state index < -0.39 is 0 Å². The van der Waals surface area contributed by atoms with Gasteiger partial charge in [-0.2, -0.15) is 0 Å². The SMILES string of the molecule is CCCNc1cc(N(CC)CC(C)C)nc(CCC)n1. The molecule has 4 heteroatoms. The van der Waals surface area contributed by atoms with Gasteiger partial charge in [0.2, 0.25) is 0 Å². The Morgan fingerprint density at radius 2 is 1.90 bits per heavy atom. The Balaban J connectivity index is 2.98. The fraction of sp³-hybridized carbons (Fsp3) is 0.750. The second kappa shape index (κ2) is 8.77. The quantitative estimate of drug-likeness (QED) is 0.747. The van der Waals surface area contributed by atoms with Gasteiger partial charge in [0.1, 0.15) is 17.5 Å². The molecule has 0 spiro atoms. The van der Waals surface area contributed by atoms with E-state index in [2.05, 4.69) is 55.9 Å². The molecule has 0 amide bonds. The van der Waals surface area contributed by atoms with Crippen molar-refractivity contribution in [2.24, 2.45) is 5.92 Å². The molecule has 1 N–H and O–H groups in total. The normalized spacial score (nSPS) is 10.9. The number of aryl methyl sites for hydroxylation is 1. The molecule has 1 rings (SSSR count). The molecule has 0 radical (unpaired) electrons. The lowest BCUT2D eigenvalue weighted by molar-refractivity contribution is 0.612. The van der Waals surface area contributed by atoms with E-state index in [0.717, 1.165) is 56.4 Å². The van der Waals surface area contributed by atoms with E-state index in [1.54, 1.807) is 0 Å². The van der Waals surface area contributed by atoms with Gasteiger partial charge in [-0.05, 0) is 25.7 Å². The summed E-state index contributed by atoms with van der Waals surface area (Å²) in [5.74, 6) is 3.60. The summed E-state index contributed by atoms with van der Waals surface area (Å²) >= 11 is 0. The lowest BCUT2D eigenvalue weighted by Crippen LogP contribution is -2.28. The first-order valence-electron chi connectivity index (χ1n) is 7.97. The highest BCUT2D eigenvalue weighted by Gasteiger charge is 2.11. The molecule has 0 aliphatic rings. The van der Waals surface area contributed by atoms with Crippen LogP contribution < -0.4 is 10.2 Å². The van der Waals surface area contributed by atoms with Crippen LogP contribution in [0, 0.1) is 5.92 Å². The molecule has 1 aromatic rings. The lowest BCUT2D eigenvalue weighted by Gasteiger charge is -2.25. The van der Waals surface area contributed by atoms with Gasteiger partial charge in [-0.25, -0.2) is 9.97 Å². The highest BCUT2D eigenvalue weighted by atomic mass is 15.2. The smallest absolute Gasteiger partial charge is 0.134 e. The number of anilines is 2. The molecule has 0 atom stereocenters. The molecule has 0 unspecified atom stereocenters. The number of rotatable bonds is 9. The second-order valence-electron chi connectivity index (χ2n) is 5.64. The Labute approximate surface area is 124 Å². The standard InChI is InChI=1S/C16H30N4/c1-6-9-14-18-15(17-10-7-2)11-16(19-14)20(8-3)12-13(4)5/h11,13H,6-10,12H2,1-5H3,(H,17,18,19). The van der Waals surface area contributed by atoms with Gasteiger partial charge in [-0.1, -0.05) is 27.7 Å². The Morgan fingerprint density at radius 3 is 2.45 bits per heavy atom. The van der Waals surface area contributed by atoms with Gasteiger partial charge in [0, 0.05) is 32.1 Å². The first-order chi connectivity index (χ1) is 9.60. The summed E-state index contributed by atoms with van der Waals surface area (Å²) in [6.07, 6.45) is 3.12. The van der Waals surface area contributed by atoms with Crippen LogP contribution in [0.5, 0.6) is 0 Å². The van der Waals surface area contributed by atoms with E-state index in [0.29, 0.717) is 5.92 Å². The Hall–Kier alpha value is -1.32. The Kier molecular flexibility index (Phi) is 7.34. The molecule has 114 valence electrons. The van der Waals surface area contributed by atoms with Crippen molar-refractivity contribution in [1.29, 1.82) is 0 Å². The largest absolute Gasteiger partial charge is 0.370 e. The first-order valence-corrected chi connectivity index (χ1v) is 7.97. The van der Waals surface area contributed by atoms with Gasteiger partial charge in [-0.3, -0.25) is 0 Å². The third-order valence-electron chi connectivity index (χ3n) is 3.08. The zero-order valence-electron chi connectivity index (χ0n) is 13.7. The molecule has 4 nitrogen and oxygen atoms in total. The molecule has 0 bridgehead atoms. The molecule has 20 heavy (non-hydrogen) atoms. The number of aromatic nitrogens is 2. The molecule has 0 saturated carbocycles. The van der Waals surface area contributed by atoms with Crippen molar-refractivity contribution in [3.8, 4) is 0 Å². The molecule has 0 aromatic carbocycles. The van der Waals surface area contributed by atoms with Crippen molar-refractivity contribution < 1.29 is 0 Å². The first kappa shape index (κ1) is 16.7. The molecule has 0 fully saturated rings. The summed E-state index contributed by atoms with van der Waals surface area (Å²) in [5, 5.41) is 3.39. The van der Waals surface area contributed by atoms with Gasteiger partial charge >= 0.3 is 0 Å². The maximum absolute atomic E-state index is 4.73. The van der Waals surface area contributed by atoms with Crippen LogP contribution in [0.25, 0.3) is 0 Å². The lowest BCUT2D eigenvalue weighted by atomic mass is 10.2. The van der Waals surface area contributed by atoms with Crippen LogP contribution in [0.4, 0.5) is 11.6 Å². The second-order valence-corrected chi connectivity index (χ2v) is 5.64. The van der Waals surface area contributed by atoms with Crippen molar-refractivity contribution in [3.05, 3.63) is 11.9 Å². The van der Waals surface area contributed by atoms with Gasteiger partial charge in [-0.15, -0.1) is 0 Å². The summed E-state index contributed by atoms with van der Waals surface area (Å²) in [4.78, 5) is 11.7. The van der Waals surface area contributed by atoms with Crippen LogP contribution >= 0.6 is 0 Å². The van der Waals surface area contributed by atoms with E-state index >= 15 is 0 Å². The third-order valence-corrected chi connectivity index (χ3v) is 3.08. The van der Waals surface area contributed by atoms with Crippen LogP contribution in [0.15, 0.2) is 6.07 Å². The number of hydrogen-bond acceptors (Lipinski definition) is 4. The van der Waals surface area contributed by atoms with Crippen LogP contribution in [0.2, 0.25) is 0 Å². The fourth-order valence-electron chi connectivity index (χ4n) is 2.15. The maximum Gasteiger partial charge on any atom is 0.134 e. The predicted octanol–water partition coefficient (Wildman–Crippen LogP) is 3.73. The molecule has 0 aliphatic carbocycles. The molecule has 0 aliphatic heterocycles. The highest BCUT2D eigenvalue weighted by Crippen LogP contribution is 2.18. The van der Waals surface area contributed by atoms with E-state index in [9.17, 15) is 0 Å². The fourth-order valence-corrected chi connectivity index (χ4v) is 2.15. The predicted molar refractivity (Wildman–Crippen MR) is 87.5 cm³/mol. The summed E-state index contributed by atoms with van der Waals surface area (Å²) in [6.45, 7) is 14.0. The average molecular weight is 278 g/mol. The van der Waals surface area contributed by atoms with Crippen molar-refractivity contribution in [2.45, 2.75) is 53.9 Å². The van der Waals surface area contributed by atoms with Crippen LogP contribution in [-0.4, -0.2) is 29.6 Å². The van der Waals surface area contributed by atoms with Crippen molar-refractivity contribution in [2.75, 3.05) is 29.9 Å². The number of hydrogen-bond donors (Lipinski definition) is 1. The van der Waals surface area contributed by atoms with E-state index in [1.165, 1.54) is 0 Å². The summed E-state index contributed by atoms with van der Waals surface area (Å²) in [6, 6.07) is 2.08. The Bertz CT molecular complexity index is 390. The third kappa shape index (κ3) is 5.35. The van der Waals surface area contributed by atoms with Crippen molar-refractivity contribution in [1.82, 2.24) is 9.97 Å². The van der Waals surface area contributed by atoms with E-state index in [4.69, 9.17) is 4.98 Å². The average Bonchev–Trinajstić information content (AvgIpc) is 2.42. The van der Waals surface area contributed by atoms with Crippen molar-refractivity contribution >= 4 is 11.6 Å². The monoisotopic (exact) mass is 278 g/mol. The molecule has 1 aromatic heterocycles. The van der Waals surface area contributed by atoms with E-state index in [1.807, 2.05) is 0 Å². The van der Waals surface area contributed by atoms with Crippen molar-refractivity contribution in [3.63, 3.8) is 0 Å². The Morgan fingerprint density at radius 1 is 1.15 bits per heavy atom.